The number of methoxy groups -OCH3 is 3. The zero-order chi connectivity index (χ0) is 27.4. The fourth-order valence-corrected chi connectivity index (χ4v) is 6.07. The first kappa shape index (κ1) is 27.7. The van der Waals surface area contributed by atoms with Gasteiger partial charge >= 0.3 is 5.30 Å². The Morgan fingerprint density at radius 2 is 1.76 bits per heavy atom. The van der Waals surface area contributed by atoms with Crippen molar-refractivity contribution in [2.75, 3.05) is 76.7 Å². The zero-order valence-corrected chi connectivity index (χ0v) is 23.6. The van der Waals surface area contributed by atoms with Crippen molar-refractivity contribution >= 4 is 38.9 Å². The molecule has 4 rings (SSSR count). The maximum Gasteiger partial charge on any atom is 0.374 e. The van der Waals surface area contributed by atoms with Gasteiger partial charge in [0.15, 0.2) is 11.5 Å². The third kappa shape index (κ3) is 6.05. The summed E-state index contributed by atoms with van der Waals surface area (Å²) in [5.74, 6) is 3.67. The molecule has 0 spiro atoms. The lowest BCUT2D eigenvalue weighted by atomic mass is 10.1. The molecule has 2 unspecified atom stereocenters. The van der Waals surface area contributed by atoms with Crippen LogP contribution in [0.3, 0.4) is 0 Å². The summed E-state index contributed by atoms with van der Waals surface area (Å²) in [5.41, 5.74) is 5.03. The SMILES string of the molecule is COc1cc(CNc2nc(NN3CC(C)C=S3C(=O)O)nc(N3CCN(C)CC3)c2C)cc(OC)c1OC. The van der Waals surface area contributed by atoms with E-state index in [1.165, 1.54) is 0 Å². The number of piperazine rings is 1. The van der Waals surface area contributed by atoms with Crippen LogP contribution in [0.2, 0.25) is 0 Å². The highest BCUT2D eigenvalue weighted by atomic mass is 32.2. The Bertz CT molecular complexity index is 1180. The van der Waals surface area contributed by atoms with E-state index in [0.717, 1.165) is 43.1 Å². The maximum atomic E-state index is 11.8. The summed E-state index contributed by atoms with van der Waals surface area (Å²) in [5, 5.41) is 14.1. The van der Waals surface area contributed by atoms with Gasteiger partial charge in [-0.15, -0.1) is 0 Å². The summed E-state index contributed by atoms with van der Waals surface area (Å²) < 4.78 is 18.1. The van der Waals surface area contributed by atoms with Gasteiger partial charge in [0.25, 0.3) is 0 Å². The lowest BCUT2D eigenvalue weighted by Gasteiger charge is -2.34. The minimum absolute atomic E-state index is 0.141. The van der Waals surface area contributed by atoms with E-state index in [1.807, 2.05) is 31.3 Å². The van der Waals surface area contributed by atoms with E-state index < -0.39 is 16.0 Å². The van der Waals surface area contributed by atoms with Crippen molar-refractivity contribution in [2.24, 2.45) is 5.92 Å². The summed E-state index contributed by atoms with van der Waals surface area (Å²) >= 11 is 0. The number of hydrazine groups is 1. The number of nitrogens with one attached hydrogen (secondary N) is 2. The average molecular weight is 548 g/mol. The largest absolute Gasteiger partial charge is 0.493 e. The molecule has 12 nitrogen and oxygen atoms in total. The average Bonchev–Trinajstić information content (AvgIpc) is 3.28. The van der Waals surface area contributed by atoms with Crippen LogP contribution in [0.1, 0.15) is 18.1 Å². The van der Waals surface area contributed by atoms with E-state index in [1.54, 1.807) is 25.7 Å². The molecule has 2 aliphatic heterocycles. The second-order valence-corrected chi connectivity index (χ2v) is 11.1. The molecule has 2 atom stereocenters. The number of likely N-dealkylation sites (N-methyl/N-ethyl adjacent to an activating group) is 1. The Morgan fingerprint density at radius 1 is 1.11 bits per heavy atom. The number of carbonyl (C=O) groups is 1. The quantitative estimate of drug-likeness (QED) is 0.400. The van der Waals surface area contributed by atoms with Crippen LogP contribution in [0.25, 0.3) is 0 Å². The Kier molecular flexibility index (Phi) is 8.80. The highest BCUT2D eigenvalue weighted by molar-refractivity contribution is 8.25. The molecule has 0 bridgehead atoms. The molecule has 0 saturated carbocycles. The standard InChI is InChI=1S/C25H37N7O5S/c1-16-14-32(38(15-16)25(33)34)29-24-27-22(17(2)23(28-24)31-9-7-30(3)8-10-31)26-13-18-11-19(35-4)21(37-6)20(12-18)36-5/h11-12,15-16H,7-10,13-14H2,1-6H3,(H,33,34)(H2,26,27,28,29). The summed E-state index contributed by atoms with van der Waals surface area (Å²) in [6, 6.07) is 3.79. The number of hydrogen-bond donors (Lipinski definition) is 3. The summed E-state index contributed by atoms with van der Waals surface area (Å²) in [4.78, 5) is 26.0. The van der Waals surface area contributed by atoms with Crippen LogP contribution in [-0.2, 0) is 6.54 Å². The molecule has 2 aromatic rings. The van der Waals surface area contributed by atoms with Gasteiger partial charge in [-0.1, -0.05) is 6.92 Å². The molecule has 1 fully saturated rings. The topological polar surface area (TPSA) is 125 Å². The Balaban J connectivity index is 1.65. The van der Waals surface area contributed by atoms with Gasteiger partial charge in [0.1, 0.15) is 11.6 Å². The lowest BCUT2D eigenvalue weighted by molar-refractivity contribution is 0.221. The normalized spacial score (nSPS) is 20.1. The molecule has 3 heterocycles. The number of benzene rings is 1. The van der Waals surface area contributed by atoms with Crippen molar-refractivity contribution in [3.63, 3.8) is 0 Å². The predicted molar refractivity (Wildman–Crippen MR) is 151 cm³/mol. The number of anilines is 3. The van der Waals surface area contributed by atoms with Gasteiger partial charge in [-0.25, -0.2) is 4.79 Å². The Morgan fingerprint density at radius 3 is 2.34 bits per heavy atom. The molecule has 3 N–H and O–H groups in total. The highest BCUT2D eigenvalue weighted by Crippen LogP contribution is 2.38. The number of ether oxygens (including phenoxy) is 3. The fourth-order valence-electron chi connectivity index (χ4n) is 4.51. The van der Waals surface area contributed by atoms with E-state index in [-0.39, 0.29) is 5.92 Å². The molecule has 13 heteroatoms. The third-order valence-electron chi connectivity index (χ3n) is 6.56. The fraction of sp³-hybridized carbons (Fsp3) is 0.520. The first-order chi connectivity index (χ1) is 18.2. The van der Waals surface area contributed by atoms with Crippen LogP contribution in [0.4, 0.5) is 22.4 Å². The molecule has 1 aromatic heterocycles. The molecular formula is C25H37N7O5S. The lowest BCUT2D eigenvalue weighted by Crippen LogP contribution is -2.45. The molecule has 1 aromatic carbocycles. The van der Waals surface area contributed by atoms with E-state index in [0.29, 0.717) is 42.1 Å². The minimum atomic E-state index is -1.07. The number of carboxylic acid groups (broad SMARTS) is 1. The molecule has 38 heavy (non-hydrogen) atoms. The Hall–Kier alpha value is -3.29. The highest BCUT2D eigenvalue weighted by Gasteiger charge is 2.27. The number of aromatic nitrogens is 2. The predicted octanol–water partition coefficient (Wildman–Crippen LogP) is 3.12. The molecular weight excluding hydrogens is 510 g/mol. The van der Waals surface area contributed by atoms with E-state index >= 15 is 0 Å². The van der Waals surface area contributed by atoms with Gasteiger partial charge in [0.2, 0.25) is 11.7 Å². The monoisotopic (exact) mass is 547 g/mol. The second-order valence-electron chi connectivity index (χ2n) is 9.39. The summed E-state index contributed by atoms with van der Waals surface area (Å²) in [6.07, 6.45) is 0. The van der Waals surface area contributed by atoms with Crippen LogP contribution >= 0.6 is 10.7 Å². The number of rotatable bonds is 9. The maximum absolute atomic E-state index is 11.8. The van der Waals surface area contributed by atoms with E-state index in [4.69, 9.17) is 24.2 Å². The van der Waals surface area contributed by atoms with E-state index in [2.05, 4.69) is 27.6 Å². The first-order valence-electron chi connectivity index (χ1n) is 12.4. The van der Waals surface area contributed by atoms with Gasteiger partial charge in [-0.05, 0) is 43.0 Å². The molecule has 0 amide bonds. The first-order valence-corrected chi connectivity index (χ1v) is 13.7. The number of hydrogen-bond acceptors (Lipinski definition) is 11. The van der Waals surface area contributed by atoms with Crippen LogP contribution in [0.15, 0.2) is 12.1 Å². The second kappa shape index (κ2) is 12.0. The van der Waals surface area contributed by atoms with Crippen molar-refractivity contribution in [3.8, 4) is 17.2 Å². The minimum Gasteiger partial charge on any atom is -0.493 e. The van der Waals surface area contributed by atoms with Gasteiger partial charge in [0.05, 0.1) is 21.3 Å². The summed E-state index contributed by atoms with van der Waals surface area (Å²) in [7, 11) is 5.80. The molecule has 0 radical (unpaired) electrons. The molecule has 1 saturated heterocycles. The summed E-state index contributed by atoms with van der Waals surface area (Å²) in [6.45, 7) is 8.56. The van der Waals surface area contributed by atoms with Crippen molar-refractivity contribution in [2.45, 2.75) is 20.4 Å². The van der Waals surface area contributed by atoms with Crippen LogP contribution in [-0.4, -0.2) is 96.2 Å². The smallest absolute Gasteiger partial charge is 0.374 e. The van der Waals surface area contributed by atoms with Crippen molar-refractivity contribution in [1.82, 2.24) is 19.3 Å². The molecule has 208 valence electrons. The Labute approximate surface area is 225 Å². The molecule has 0 aliphatic carbocycles. The van der Waals surface area contributed by atoms with Gasteiger partial charge in [-0.2, -0.15) is 14.4 Å². The van der Waals surface area contributed by atoms with E-state index in [9.17, 15) is 9.90 Å². The van der Waals surface area contributed by atoms with Gasteiger partial charge < -0.3 is 34.4 Å². The van der Waals surface area contributed by atoms with Gasteiger partial charge in [0, 0.05) is 55.5 Å². The van der Waals surface area contributed by atoms with Crippen molar-refractivity contribution < 1.29 is 24.1 Å². The van der Waals surface area contributed by atoms with Crippen molar-refractivity contribution in [1.29, 1.82) is 0 Å². The molecule has 2 aliphatic rings. The van der Waals surface area contributed by atoms with Crippen molar-refractivity contribution in [3.05, 3.63) is 23.3 Å². The zero-order valence-electron chi connectivity index (χ0n) is 22.8. The third-order valence-corrected chi connectivity index (χ3v) is 8.36. The van der Waals surface area contributed by atoms with Crippen LogP contribution < -0.4 is 29.9 Å². The number of nitrogens with zero attached hydrogens (tertiary/aromatic N) is 5. The van der Waals surface area contributed by atoms with Crippen LogP contribution in [0.5, 0.6) is 17.2 Å². The van der Waals surface area contributed by atoms with Gasteiger partial charge in [-0.3, -0.25) is 5.43 Å². The van der Waals surface area contributed by atoms with Crippen LogP contribution in [0, 0.1) is 12.8 Å².